The van der Waals surface area contributed by atoms with Gasteiger partial charge in [-0.1, -0.05) is 11.3 Å². The molecule has 1 N–H and O–H groups in total. The Morgan fingerprint density at radius 3 is 2.83 bits per heavy atom. The lowest BCUT2D eigenvalue weighted by molar-refractivity contribution is 0.421. The molecule has 0 atom stereocenters. The Morgan fingerprint density at radius 2 is 2.17 bits per heavy atom. The number of pyridine rings is 1. The van der Waals surface area contributed by atoms with Crippen LogP contribution in [0.4, 0.5) is 0 Å². The Kier molecular flexibility index (Phi) is 3.72. The summed E-state index contributed by atoms with van der Waals surface area (Å²) in [4.78, 5) is 4.08. The van der Waals surface area contributed by atoms with Crippen molar-refractivity contribution < 1.29 is 0 Å². The first-order valence-corrected chi connectivity index (χ1v) is 6.06. The third-order valence-electron chi connectivity index (χ3n) is 2.45. The van der Waals surface area contributed by atoms with E-state index in [0.717, 1.165) is 17.8 Å². The van der Waals surface area contributed by atoms with E-state index >= 15 is 0 Å². The predicted molar refractivity (Wildman–Crippen MR) is 70.0 cm³/mol. The van der Waals surface area contributed by atoms with Gasteiger partial charge in [-0.05, 0) is 32.4 Å². The molecule has 5 heteroatoms. The molecular formula is C13H19N5. The van der Waals surface area contributed by atoms with E-state index in [2.05, 4.69) is 41.4 Å². The van der Waals surface area contributed by atoms with Crippen molar-refractivity contribution in [3.8, 4) is 0 Å². The van der Waals surface area contributed by atoms with Gasteiger partial charge in [-0.25, -0.2) is 4.68 Å². The Balaban J connectivity index is 1.94. The summed E-state index contributed by atoms with van der Waals surface area (Å²) in [6.07, 6.45) is 5.57. The van der Waals surface area contributed by atoms with Crippen LogP contribution in [-0.4, -0.2) is 25.5 Å². The zero-order valence-corrected chi connectivity index (χ0v) is 11.1. The summed E-state index contributed by atoms with van der Waals surface area (Å²) in [5, 5.41) is 11.6. The van der Waals surface area contributed by atoms with Crippen LogP contribution in [0.15, 0.2) is 30.7 Å². The highest BCUT2D eigenvalue weighted by molar-refractivity contribution is 5.09. The molecule has 0 spiro atoms. The third-order valence-corrected chi connectivity index (χ3v) is 2.45. The number of nitrogens with one attached hydrogen (secondary N) is 1. The summed E-state index contributed by atoms with van der Waals surface area (Å²) in [5.74, 6) is 0. The van der Waals surface area contributed by atoms with E-state index < -0.39 is 0 Å². The maximum atomic E-state index is 4.15. The number of nitrogens with zero attached hydrogens (tertiary/aromatic N) is 4. The van der Waals surface area contributed by atoms with Crippen molar-refractivity contribution in [2.24, 2.45) is 0 Å². The van der Waals surface area contributed by atoms with Crippen molar-refractivity contribution in [1.82, 2.24) is 25.3 Å². The Morgan fingerprint density at radius 1 is 1.33 bits per heavy atom. The third kappa shape index (κ3) is 3.92. The molecule has 0 amide bonds. The van der Waals surface area contributed by atoms with E-state index in [1.54, 1.807) is 6.20 Å². The first kappa shape index (κ1) is 12.7. The van der Waals surface area contributed by atoms with Gasteiger partial charge in [0.25, 0.3) is 0 Å². The Hall–Kier alpha value is -1.75. The molecule has 0 aliphatic rings. The second-order valence-corrected chi connectivity index (χ2v) is 5.37. The van der Waals surface area contributed by atoms with E-state index in [9.17, 15) is 0 Å². The largest absolute Gasteiger partial charge is 0.306 e. The minimum atomic E-state index is 0.0904. The van der Waals surface area contributed by atoms with Crippen molar-refractivity contribution in [3.63, 3.8) is 0 Å². The fraction of sp³-hybridized carbons (Fsp3) is 0.462. The van der Waals surface area contributed by atoms with Gasteiger partial charge in [-0.3, -0.25) is 4.98 Å². The van der Waals surface area contributed by atoms with Crippen LogP contribution in [0.3, 0.4) is 0 Å². The highest BCUT2D eigenvalue weighted by Gasteiger charge is 2.10. The quantitative estimate of drug-likeness (QED) is 0.889. The van der Waals surface area contributed by atoms with Crippen molar-refractivity contribution in [3.05, 3.63) is 42.0 Å². The van der Waals surface area contributed by atoms with Crippen molar-refractivity contribution >= 4 is 0 Å². The summed E-state index contributed by atoms with van der Waals surface area (Å²) < 4.78 is 1.83. The number of rotatable bonds is 4. The topological polar surface area (TPSA) is 55.6 Å². The van der Waals surface area contributed by atoms with Gasteiger partial charge in [0.1, 0.15) is 0 Å². The van der Waals surface area contributed by atoms with E-state index in [1.807, 2.05) is 29.2 Å². The van der Waals surface area contributed by atoms with Crippen molar-refractivity contribution in [2.45, 2.75) is 39.4 Å². The van der Waals surface area contributed by atoms with E-state index in [4.69, 9.17) is 0 Å². The highest BCUT2D eigenvalue weighted by atomic mass is 15.4. The highest BCUT2D eigenvalue weighted by Crippen LogP contribution is 2.03. The number of aromatic nitrogens is 4. The molecule has 2 aromatic heterocycles. The normalized spacial score (nSPS) is 11.7. The fourth-order valence-corrected chi connectivity index (χ4v) is 1.53. The second kappa shape index (κ2) is 5.27. The molecule has 0 bridgehead atoms. The van der Waals surface area contributed by atoms with Crippen LogP contribution in [0.5, 0.6) is 0 Å². The lowest BCUT2D eigenvalue weighted by Gasteiger charge is -2.19. The first-order chi connectivity index (χ1) is 8.53. The monoisotopic (exact) mass is 245 g/mol. The molecule has 2 rings (SSSR count). The van der Waals surface area contributed by atoms with Gasteiger partial charge >= 0.3 is 0 Å². The fourth-order valence-electron chi connectivity index (χ4n) is 1.53. The minimum Gasteiger partial charge on any atom is -0.306 e. The summed E-state index contributed by atoms with van der Waals surface area (Å²) >= 11 is 0. The lowest BCUT2D eigenvalue weighted by atomic mass is 10.1. The average Bonchev–Trinajstić information content (AvgIpc) is 2.75. The molecule has 0 fully saturated rings. The summed E-state index contributed by atoms with van der Waals surface area (Å²) in [6, 6.07) is 3.95. The molecule has 5 nitrogen and oxygen atoms in total. The molecule has 0 saturated heterocycles. The van der Waals surface area contributed by atoms with Crippen LogP contribution in [0.25, 0.3) is 0 Å². The molecule has 2 heterocycles. The maximum absolute atomic E-state index is 4.15. The molecular weight excluding hydrogens is 226 g/mol. The van der Waals surface area contributed by atoms with Gasteiger partial charge in [0, 0.05) is 24.5 Å². The average molecular weight is 245 g/mol. The molecule has 0 unspecified atom stereocenters. The first-order valence-electron chi connectivity index (χ1n) is 6.06. The van der Waals surface area contributed by atoms with Gasteiger partial charge < -0.3 is 5.32 Å². The zero-order valence-electron chi connectivity index (χ0n) is 11.1. The van der Waals surface area contributed by atoms with E-state index in [-0.39, 0.29) is 5.54 Å². The molecule has 0 aromatic carbocycles. The second-order valence-electron chi connectivity index (χ2n) is 5.37. The summed E-state index contributed by atoms with van der Waals surface area (Å²) in [6.45, 7) is 7.83. The van der Waals surface area contributed by atoms with Crippen LogP contribution in [0.2, 0.25) is 0 Å². The minimum absolute atomic E-state index is 0.0904. The van der Waals surface area contributed by atoms with Crippen LogP contribution < -0.4 is 5.32 Å². The predicted octanol–water partition coefficient (Wildman–Crippen LogP) is 1.61. The SMILES string of the molecule is CC(C)(C)NCc1cn(Cc2cccnc2)nn1. The Labute approximate surface area is 107 Å². The molecule has 96 valence electrons. The molecule has 0 radical (unpaired) electrons. The van der Waals surface area contributed by atoms with E-state index in [1.165, 1.54) is 0 Å². The van der Waals surface area contributed by atoms with Gasteiger partial charge in [0.2, 0.25) is 0 Å². The van der Waals surface area contributed by atoms with Gasteiger partial charge in [-0.2, -0.15) is 0 Å². The van der Waals surface area contributed by atoms with E-state index in [0.29, 0.717) is 6.54 Å². The molecule has 0 saturated carbocycles. The van der Waals surface area contributed by atoms with Crippen LogP contribution in [0.1, 0.15) is 32.0 Å². The van der Waals surface area contributed by atoms with Crippen LogP contribution in [-0.2, 0) is 13.1 Å². The summed E-state index contributed by atoms with van der Waals surface area (Å²) in [5.41, 5.74) is 2.17. The number of hydrogen-bond donors (Lipinski definition) is 1. The van der Waals surface area contributed by atoms with Crippen LogP contribution >= 0.6 is 0 Å². The van der Waals surface area contributed by atoms with Gasteiger partial charge in [0.15, 0.2) is 0 Å². The smallest absolute Gasteiger partial charge is 0.0965 e. The summed E-state index contributed by atoms with van der Waals surface area (Å²) in [7, 11) is 0. The molecule has 0 aliphatic carbocycles. The maximum Gasteiger partial charge on any atom is 0.0965 e. The van der Waals surface area contributed by atoms with Crippen molar-refractivity contribution in [2.75, 3.05) is 0 Å². The number of hydrogen-bond acceptors (Lipinski definition) is 4. The van der Waals surface area contributed by atoms with Gasteiger partial charge in [0.05, 0.1) is 18.4 Å². The molecule has 0 aliphatic heterocycles. The standard InChI is InChI=1S/C13H19N5/c1-13(2,3)15-8-12-10-18(17-16-12)9-11-5-4-6-14-7-11/h4-7,10,15H,8-9H2,1-3H3. The molecule has 2 aromatic rings. The lowest BCUT2D eigenvalue weighted by Crippen LogP contribution is -2.35. The Bertz CT molecular complexity index is 484. The molecule has 18 heavy (non-hydrogen) atoms. The zero-order chi connectivity index (χ0) is 13.0. The van der Waals surface area contributed by atoms with Crippen molar-refractivity contribution in [1.29, 1.82) is 0 Å². The van der Waals surface area contributed by atoms with Crippen LogP contribution in [0, 0.1) is 0 Å². The van der Waals surface area contributed by atoms with Gasteiger partial charge in [-0.15, -0.1) is 5.10 Å².